The maximum atomic E-state index is 12.5. The summed E-state index contributed by atoms with van der Waals surface area (Å²) in [7, 11) is -3.86. The van der Waals surface area contributed by atoms with Gasteiger partial charge in [0.05, 0.1) is 16.5 Å². The Morgan fingerprint density at radius 1 is 0.946 bits per heavy atom. The second-order valence-electron chi connectivity index (χ2n) is 7.55. The van der Waals surface area contributed by atoms with Gasteiger partial charge in [-0.3, -0.25) is 9.59 Å². The normalized spacial score (nSPS) is 11.6. The number of H-pyrrole nitrogens is 1. The van der Waals surface area contributed by atoms with Crippen LogP contribution in [-0.4, -0.2) is 40.7 Å². The maximum Gasteiger partial charge on any atom is 0.292 e. The molecule has 3 N–H and O–H groups in total. The topological polar surface area (TPSA) is 172 Å². The number of furan rings is 1. The fourth-order valence-electron chi connectivity index (χ4n) is 3.40. The van der Waals surface area contributed by atoms with Crippen LogP contribution in [0.5, 0.6) is 0 Å². The van der Waals surface area contributed by atoms with Crippen LogP contribution < -0.4 is 15.7 Å². The van der Waals surface area contributed by atoms with E-state index in [0.29, 0.717) is 27.9 Å². The molecular formula is C24H17N7O5S. The van der Waals surface area contributed by atoms with E-state index in [1.807, 2.05) is 0 Å². The van der Waals surface area contributed by atoms with Gasteiger partial charge in [-0.05, 0) is 48.5 Å². The molecule has 0 radical (unpaired) electrons. The average molecular weight is 516 g/mol. The molecule has 184 valence electrons. The highest BCUT2D eigenvalue weighted by atomic mass is 32.2. The van der Waals surface area contributed by atoms with Crippen molar-refractivity contribution in [1.29, 1.82) is 0 Å². The van der Waals surface area contributed by atoms with Crippen LogP contribution in [-0.2, 0) is 10.0 Å². The number of nitrogens with zero attached hydrogens (tertiary/aromatic N) is 4. The number of anilines is 1. The molecule has 5 aromatic rings. The zero-order valence-electron chi connectivity index (χ0n) is 18.8. The SMILES string of the molecule is O=C(N/N=C/c1ccc(-c2ccc(S(=O)(=O)Nc3ncccn3)cc2)o1)c1n[nH]c(=O)c2ccccc12. The van der Waals surface area contributed by atoms with Gasteiger partial charge in [-0.2, -0.15) is 10.2 Å². The summed E-state index contributed by atoms with van der Waals surface area (Å²) in [4.78, 5) is 32.1. The molecule has 12 nitrogen and oxygen atoms in total. The Balaban J connectivity index is 1.26. The molecule has 5 rings (SSSR count). The molecule has 0 aliphatic heterocycles. The highest BCUT2D eigenvalue weighted by Gasteiger charge is 2.16. The first-order valence-corrected chi connectivity index (χ1v) is 12.2. The molecule has 13 heteroatoms. The van der Waals surface area contributed by atoms with Crippen LogP contribution in [0.3, 0.4) is 0 Å². The predicted molar refractivity (Wildman–Crippen MR) is 134 cm³/mol. The number of fused-ring (bicyclic) bond motifs is 1. The van der Waals surface area contributed by atoms with Gasteiger partial charge in [-0.25, -0.2) is 33.6 Å². The van der Waals surface area contributed by atoms with Gasteiger partial charge >= 0.3 is 0 Å². The fourth-order valence-corrected chi connectivity index (χ4v) is 4.36. The van der Waals surface area contributed by atoms with E-state index in [2.05, 4.69) is 35.4 Å². The Kier molecular flexibility index (Phi) is 6.26. The Bertz CT molecular complexity index is 1780. The maximum absolute atomic E-state index is 12.5. The Morgan fingerprint density at radius 2 is 1.68 bits per heavy atom. The van der Waals surface area contributed by atoms with Gasteiger partial charge in [0.25, 0.3) is 21.5 Å². The molecule has 0 aliphatic carbocycles. The third-order valence-electron chi connectivity index (χ3n) is 5.14. The number of amides is 1. The number of aromatic amines is 1. The number of hydrazone groups is 1. The molecule has 0 atom stereocenters. The van der Waals surface area contributed by atoms with Gasteiger partial charge in [0, 0.05) is 23.3 Å². The standard InChI is InChI=1S/C24H17N7O5S/c32-22-19-5-2-1-4-18(19)21(28-30-22)23(33)29-27-14-16-8-11-20(36-16)15-6-9-17(10-7-15)37(34,35)31-24-25-12-3-13-26-24/h1-14H,(H,29,33)(H,30,32)(H,25,26,31)/b27-14+. The smallest absolute Gasteiger partial charge is 0.292 e. The third-order valence-corrected chi connectivity index (χ3v) is 6.48. The molecule has 0 unspecified atom stereocenters. The van der Waals surface area contributed by atoms with Crippen molar-refractivity contribution < 1.29 is 17.6 Å². The largest absolute Gasteiger partial charge is 0.455 e. The van der Waals surface area contributed by atoms with Gasteiger partial charge in [0.2, 0.25) is 5.95 Å². The van der Waals surface area contributed by atoms with E-state index in [9.17, 15) is 18.0 Å². The van der Waals surface area contributed by atoms with Gasteiger partial charge in [-0.1, -0.05) is 18.2 Å². The van der Waals surface area contributed by atoms with Crippen molar-refractivity contribution in [2.75, 3.05) is 4.72 Å². The monoisotopic (exact) mass is 515 g/mol. The van der Waals surface area contributed by atoms with Crippen LogP contribution in [0.2, 0.25) is 0 Å². The minimum atomic E-state index is -3.86. The van der Waals surface area contributed by atoms with Gasteiger partial charge in [-0.15, -0.1) is 0 Å². The van der Waals surface area contributed by atoms with Crippen molar-refractivity contribution >= 4 is 38.9 Å². The van der Waals surface area contributed by atoms with Crippen LogP contribution >= 0.6 is 0 Å². The lowest BCUT2D eigenvalue weighted by Gasteiger charge is -2.06. The van der Waals surface area contributed by atoms with E-state index in [1.165, 1.54) is 30.7 Å². The summed E-state index contributed by atoms with van der Waals surface area (Å²) < 4.78 is 33.1. The number of nitrogens with one attached hydrogen (secondary N) is 3. The highest BCUT2D eigenvalue weighted by Crippen LogP contribution is 2.24. The van der Waals surface area contributed by atoms with Crippen molar-refractivity contribution in [1.82, 2.24) is 25.6 Å². The lowest BCUT2D eigenvalue weighted by molar-refractivity contribution is 0.0951. The zero-order valence-corrected chi connectivity index (χ0v) is 19.6. The van der Waals surface area contributed by atoms with Crippen LogP contribution in [0.4, 0.5) is 5.95 Å². The average Bonchev–Trinajstić information content (AvgIpc) is 3.38. The Labute approximate surface area is 209 Å². The van der Waals surface area contributed by atoms with E-state index in [1.54, 1.807) is 54.6 Å². The van der Waals surface area contributed by atoms with Crippen molar-refractivity contribution in [3.63, 3.8) is 0 Å². The molecule has 3 aromatic heterocycles. The van der Waals surface area contributed by atoms with Gasteiger partial charge < -0.3 is 4.42 Å². The summed E-state index contributed by atoms with van der Waals surface area (Å²) in [6.45, 7) is 0. The molecule has 2 aromatic carbocycles. The molecule has 0 aliphatic rings. The van der Waals surface area contributed by atoms with Crippen LogP contribution in [0.25, 0.3) is 22.1 Å². The fraction of sp³-hybridized carbons (Fsp3) is 0. The first kappa shape index (κ1) is 23.6. The van der Waals surface area contributed by atoms with Crippen molar-refractivity contribution in [2.24, 2.45) is 5.10 Å². The number of aromatic nitrogens is 4. The highest BCUT2D eigenvalue weighted by molar-refractivity contribution is 7.92. The molecular weight excluding hydrogens is 498 g/mol. The minimum absolute atomic E-state index is 0.0239. The van der Waals surface area contributed by atoms with Gasteiger partial charge in [0.1, 0.15) is 11.5 Å². The number of rotatable bonds is 7. The zero-order chi connectivity index (χ0) is 25.8. The summed E-state index contributed by atoms with van der Waals surface area (Å²) in [6, 6.07) is 17.5. The van der Waals surface area contributed by atoms with E-state index in [-0.39, 0.29) is 16.5 Å². The summed E-state index contributed by atoms with van der Waals surface area (Å²) in [5, 5.41) is 10.7. The van der Waals surface area contributed by atoms with Crippen LogP contribution in [0.15, 0.2) is 98.3 Å². The number of carbonyl (C=O) groups excluding carboxylic acids is 1. The predicted octanol–water partition coefficient (Wildman–Crippen LogP) is 2.54. The lowest BCUT2D eigenvalue weighted by atomic mass is 10.1. The number of sulfonamides is 1. The lowest BCUT2D eigenvalue weighted by Crippen LogP contribution is -2.22. The Morgan fingerprint density at radius 3 is 2.43 bits per heavy atom. The first-order valence-electron chi connectivity index (χ1n) is 10.7. The van der Waals surface area contributed by atoms with E-state index in [4.69, 9.17) is 4.42 Å². The minimum Gasteiger partial charge on any atom is -0.455 e. The van der Waals surface area contributed by atoms with Crippen LogP contribution in [0, 0.1) is 0 Å². The van der Waals surface area contributed by atoms with Gasteiger partial charge in [0.15, 0.2) is 5.69 Å². The Hall–Kier alpha value is -5.17. The molecule has 0 bridgehead atoms. The summed E-state index contributed by atoms with van der Waals surface area (Å²) in [6.07, 6.45) is 4.16. The molecule has 0 fully saturated rings. The summed E-state index contributed by atoms with van der Waals surface area (Å²) in [5.41, 5.74) is 2.61. The van der Waals surface area contributed by atoms with E-state index in [0.717, 1.165) is 0 Å². The summed E-state index contributed by atoms with van der Waals surface area (Å²) >= 11 is 0. The summed E-state index contributed by atoms with van der Waals surface area (Å²) in [5.74, 6) is 0.165. The molecule has 1 amide bonds. The number of benzene rings is 2. The van der Waals surface area contributed by atoms with Crippen molar-refractivity contribution in [3.8, 4) is 11.3 Å². The molecule has 3 heterocycles. The molecule has 0 saturated heterocycles. The second kappa shape index (κ2) is 9.83. The van der Waals surface area contributed by atoms with E-state index >= 15 is 0 Å². The third kappa shape index (κ3) is 5.11. The second-order valence-corrected chi connectivity index (χ2v) is 9.23. The number of hydrogen-bond acceptors (Lipinski definition) is 9. The molecule has 37 heavy (non-hydrogen) atoms. The van der Waals surface area contributed by atoms with Crippen molar-refractivity contribution in [2.45, 2.75) is 4.90 Å². The number of carbonyl (C=O) groups is 1. The quantitative estimate of drug-likeness (QED) is 0.219. The molecule has 0 spiro atoms. The van der Waals surface area contributed by atoms with Crippen molar-refractivity contribution in [3.05, 3.63) is 101 Å². The molecule has 0 saturated carbocycles. The number of hydrogen-bond donors (Lipinski definition) is 3. The first-order chi connectivity index (χ1) is 17.9. The van der Waals surface area contributed by atoms with Crippen LogP contribution in [0.1, 0.15) is 16.2 Å². The van der Waals surface area contributed by atoms with E-state index < -0.39 is 21.5 Å².